The Balaban J connectivity index is 2.01. The van der Waals surface area contributed by atoms with Crippen LogP contribution < -0.4 is 5.32 Å². The Kier molecular flexibility index (Phi) is 5.41. The molecule has 1 rings (SSSR count). The molecule has 2 nitrogen and oxygen atoms in total. The summed E-state index contributed by atoms with van der Waals surface area (Å²) in [4.78, 5) is 0. The molecule has 1 N–H and O–H groups in total. The smallest absolute Gasteiger partial charge is 0.0480 e. The standard InChI is InChI=1S/C9H16ClNO/c10-5-1-2-6-11-9-3-7-12-8-4-9/h1-2,9,11H,3-8H2/b2-1+. The molecule has 0 amide bonds. The second-order valence-corrected chi connectivity index (χ2v) is 3.23. The molecule has 0 aromatic carbocycles. The molecule has 1 heterocycles. The van der Waals surface area contributed by atoms with Crippen molar-refractivity contribution in [1.82, 2.24) is 5.32 Å². The quantitative estimate of drug-likeness (QED) is 0.535. The molecule has 70 valence electrons. The second kappa shape index (κ2) is 6.46. The van der Waals surface area contributed by atoms with Crippen LogP contribution >= 0.6 is 11.6 Å². The number of rotatable bonds is 4. The third-order valence-corrected chi connectivity index (χ3v) is 2.18. The summed E-state index contributed by atoms with van der Waals surface area (Å²) in [7, 11) is 0. The van der Waals surface area contributed by atoms with Gasteiger partial charge in [0, 0.05) is 31.7 Å². The second-order valence-electron chi connectivity index (χ2n) is 2.92. The zero-order chi connectivity index (χ0) is 8.65. The van der Waals surface area contributed by atoms with E-state index in [4.69, 9.17) is 16.3 Å². The molecular weight excluding hydrogens is 174 g/mol. The van der Waals surface area contributed by atoms with Crippen molar-refractivity contribution in [2.75, 3.05) is 25.6 Å². The Bertz CT molecular complexity index is 132. The number of hydrogen-bond donors (Lipinski definition) is 1. The van der Waals surface area contributed by atoms with E-state index >= 15 is 0 Å². The first-order valence-electron chi connectivity index (χ1n) is 4.45. The predicted molar refractivity (Wildman–Crippen MR) is 51.7 cm³/mol. The van der Waals surface area contributed by atoms with Gasteiger partial charge in [-0.1, -0.05) is 12.2 Å². The maximum Gasteiger partial charge on any atom is 0.0480 e. The molecule has 0 radical (unpaired) electrons. The summed E-state index contributed by atoms with van der Waals surface area (Å²) in [6, 6.07) is 0.638. The van der Waals surface area contributed by atoms with Crippen LogP contribution in [0.5, 0.6) is 0 Å². The Labute approximate surface area is 78.9 Å². The van der Waals surface area contributed by atoms with Crippen LogP contribution in [0.1, 0.15) is 12.8 Å². The summed E-state index contributed by atoms with van der Waals surface area (Å²) in [5, 5.41) is 3.43. The molecule has 3 heteroatoms. The van der Waals surface area contributed by atoms with Crippen molar-refractivity contribution >= 4 is 11.6 Å². The highest BCUT2D eigenvalue weighted by Crippen LogP contribution is 2.05. The third-order valence-electron chi connectivity index (χ3n) is 2.00. The molecule has 0 aliphatic carbocycles. The molecule has 0 spiro atoms. The first-order valence-corrected chi connectivity index (χ1v) is 4.99. The Morgan fingerprint density at radius 3 is 2.75 bits per heavy atom. The largest absolute Gasteiger partial charge is 0.381 e. The summed E-state index contributed by atoms with van der Waals surface area (Å²) in [5.41, 5.74) is 0. The zero-order valence-corrected chi connectivity index (χ0v) is 8.02. The lowest BCUT2D eigenvalue weighted by molar-refractivity contribution is 0.0789. The summed E-state index contributed by atoms with van der Waals surface area (Å²) >= 11 is 5.49. The minimum Gasteiger partial charge on any atom is -0.381 e. The van der Waals surface area contributed by atoms with Crippen molar-refractivity contribution in [3.63, 3.8) is 0 Å². The van der Waals surface area contributed by atoms with Crippen LogP contribution in [0.25, 0.3) is 0 Å². The van der Waals surface area contributed by atoms with Crippen molar-refractivity contribution in [3.8, 4) is 0 Å². The van der Waals surface area contributed by atoms with E-state index in [1.54, 1.807) is 0 Å². The van der Waals surface area contributed by atoms with Crippen molar-refractivity contribution in [2.45, 2.75) is 18.9 Å². The van der Waals surface area contributed by atoms with Crippen molar-refractivity contribution in [3.05, 3.63) is 12.2 Å². The van der Waals surface area contributed by atoms with Crippen molar-refractivity contribution in [2.24, 2.45) is 0 Å². The molecule has 0 aromatic rings. The number of halogens is 1. The maximum absolute atomic E-state index is 5.49. The lowest BCUT2D eigenvalue weighted by Gasteiger charge is -2.22. The number of nitrogens with one attached hydrogen (secondary N) is 1. The molecule has 1 fully saturated rings. The van der Waals surface area contributed by atoms with Gasteiger partial charge in [-0.3, -0.25) is 0 Å². The highest BCUT2D eigenvalue weighted by Gasteiger charge is 2.11. The molecule has 0 saturated carbocycles. The van der Waals surface area contributed by atoms with Crippen LogP contribution in [0.4, 0.5) is 0 Å². The van der Waals surface area contributed by atoms with Crippen LogP contribution in [-0.4, -0.2) is 31.7 Å². The molecule has 1 saturated heterocycles. The zero-order valence-electron chi connectivity index (χ0n) is 7.26. The third kappa shape index (κ3) is 4.10. The van der Waals surface area contributed by atoms with Crippen LogP contribution in [0.15, 0.2) is 12.2 Å². The highest BCUT2D eigenvalue weighted by atomic mass is 35.5. The Morgan fingerprint density at radius 1 is 1.33 bits per heavy atom. The van der Waals surface area contributed by atoms with E-state index in [1.165, 1.54) is 0 Å². The van der Waals surface area contributed by atoms with E-state index in [1.807, 2.05) is 6.08 Å². The van der Waals surface area contributed by atoms with Crippen LogP contribution in [-0.2, 0) is 4.74 Å². The average Bonchev–Trinajstić information content (AvgIpc) is 2.14. The van der Waals surface area contributed by atoms with Gasteiger partial charge in [0.15, 0.2) is 0 Å². The Hall–Kier alpha value is -0.0500. The molecular formula is C9H16ClNO. The van der Waals surface area contributed by atoms with Gasteiger partial charge in [0.2, 0.25) is 0 Å². The summed E-state index contributed by atoms with van der Waals surface area (Å²) in [6.07, 6.45) is 6.31. The summed E-state index contributed by atoms with van der Waals surface area (Å²) in [6.45, 7) is 2.73. The molecule has 0 unspecified atom stereocenters. The average molecular weight is 190 g/mol. The van der Waals surface area contributed by atoms with Gasteiger partial charge >= 0.3 is 0 Å². The van der Waals surface area contributed by atoms with E-state index in [0.717, 1.165) is 32.6 Å². The van der Waals surface area contributed by atoms with E-state index in [0.29, 0.717) is 11.9 Å². The molecule has 1 aliphatic heterocycles. The lowest BCUT2D eigenvalue weighted by atomic mass is 10.1. The van der Waals surface area contributed by atoms with Gasteiger partial charge in [-0.15, -0.1) is 11.6 Å². The fraction of sp³-hybridized carbons (Fsp3) is 0.778. The van der Waals surface area contributed by atoms with Gasteiger partial charge in [-0.05, 0) is 12.8 Å². The number of alkyl halides is 1. The predicted octanol–water partition coefficient (Wildman–Crippen LogP) is 1.55. The number of allylic oxidation sites excluding steroid dienone is 1. The van der Waals surface area contributed by atoms with Gasteiger partial charge in [-0.2, -0.15) is 0 Å². The van der Waals surface area contributed by atoms with Crippen molar-refractivity contribution < 1.29 is 4.74 Å². The number of hydrogen-bond acceptors (Lipinski definition) is 2. The topological polar surface area (TPSA) is 21.3 Å². The highest BCUT2D eigenvalue weighted by molar-refractivity contribution is 6.18. The van der Waals surface area contributed by atoms with Gasteiger partial charge in [0.1, 0.15) is 0 Å². The molecule has 0 aromatic heterocycles. The maximum atomic E-state index is 5.49. The summed E-state index contributed by atoms with van der Waals surface area (Å²) in [5.74, 6) is 0.607. The number of ether oxygens (including phenoxy) is 1. The van der Waals surface area contributed by atoms with Gasteiger partial charge < -0.3 is 10.1 Å². The fourth-order valence-corrected chi connectivity index (χ4v) is 1.41. The lowest BCUT2D eigenvalue weighted by Crippen LogP contribution is -2.34. The van der Waals surface area contributed by atoms with E-state index < -0.39 is 0 Å². The monoisotopic (exact) mass is 189 g/mol. The van der Waals surface area contributed by atoms with Gasteiger partial charge in [0.25, 0.3) is 0 Å². The first kappa shape index (κ1) is 10.0. The van der Waals surface area contributed by atoms with Crippen LogP contribution in [0.3, 0.4) is 0 Å². The minimum absolute atomic E-state index is 0.607. The van der Waals surface area contributed by atoms with Crippen LogP contribution in [0, 0.1) is 0 Å². The van der Waals surface area contributed by atoms with E-state index in [9.17, 15) is 0 Å². The fourth-order valence-electron chi connectivity index (χ4n) is 1.28. The van der Waals surface area contributed by atoms with Crippen LogP contribution in [0.2, 0.25) is 0 Å². The van der Waals surface area contributed by atoms with Gasteiger partial charge in [-0.25, -0.2) is 0 Å². The minimum atomic E-state index is 0.607. The van der Waals surface area contributed by atoms with E-state index in [2.05, 4.69) is 11.4 Å². The molecule has 1 aliphatic rings. The van der Waals surface area contributed by atoms with E-state index in [-0.39, 0.29) is 0 Å². The summed E-state index contributed by atoms with van der Waals surface area (Å²) < 4.78 is 5.25. The molecule has 0 bridgehead atoms. The van der Waals surface area contributed by atoms with Gasteiger partial charge in [0.05, 0.1) is 0 Å². The molecule has 0 atom stereocenters. The first-order chi connectivity index (χ1) is 5.93. The van der Waals surface area contributed by atoms with Crippen molar-refractivity contribution in [1.29, 1.82) is 0 Å². The normalized spacial score (nSPS) is 20.4. The Morgan fingerprint density at radius 2 is 2.08 bits per heavy atom. The SMILES string of the molecule is ClC/C=C/CNC1CCOCC1. The molecule has 12 heavy (non-hydrogen) atoms.